The average molecular weight is 325 g/mol. The van der Waals surface area contributed by atoms with Gasteiger partial charge in [-0.2, -0.15) is 0 Å². The van der Waals surface area contributed by atoms with E-state index in [9.17, 15) is 9.59 Å². The Balaban J connectivity index is 2.26. The first kappa shape index (κ1) is 20.3. The third kappa shape index (κ3) is 6.72. The summed E-state index contributed by atoms with van der Waals surface area (Å²) in [6, 6.07) is 0. The molecule has 0 amide bonds. The fraction of sp³-hybridized carbons (Fsp3) is 0.895. The van der Waals surface area contributed by atoms with E-state index in [1.54, 1.807) is 0 Å². The predicted molar refractivity (Wildman–Crippen MR) is 95.7 cm³/mol. The van der Waals surface area contributed by atoms with Crippen LogP contribution < -0.4 is 0 Å². The monoisotopic (exact) mass is 324 g/mol. The van der Waals surface area contributed by atoms with Crippen molar-refractivity contribution in [3.8, 4) is 0 Å². The van der Waals surface area contributed by atoms with Crippen LogP contribution in [-0.2, 0) is 9.59 Å². The van der Waals surface area contributed by atoms with Crippen LogP contribution in [-0.4, -0.2) is 60.6 Å². The lowest BCUT2D eigenvalue weighted by Gasteiger charge is -2.35. The molecule has 0 aliphatic carbocycles. The number of rotatable bonds is 8. The third-order valence-electron chi connectivity index (χ3n) is 5.25. The summed E-state index contributed by atoms with van der Waals surface area (Å²) < 4.78 is 0. The summed E-state index contributed by atoms with van der Waals surface area (Å²) in [4.78, 5) is 29.0. The second-order valence-corrected chi connectivity index (χ2v) is 8.52. The van der Waals surface area contributed by atoms with E-state index in [4.69, 9.17) is 0 Å². The summed E-state index contributed by atoms with van der Waals surface area (Å²) in [7, 11) is 0. The highest BCUT2D eigenvalue weighted by molar-refractivity contribution is 5.84. The first-order chi connectivity index (χ1) is 10.6. The van der Waals surface area contributed by atoms with Crippen molar-refractivity contribution in [2.45, 2.75) is 60.8 Å². The van der Waals surface area contributed by atoms with Gasteiger partial charge in [0.15, 0.2) is 0 Å². The van der Waals surface area contributed by atoms with Crippen LogP contribution in [0.4, 0.5) is 0 Å². The van der Waals surface area contributed by atoms with Crippen molar-refractivity contribution >= 4 is 11.6 Å². The summed E-state index contributed by atoms with van der Waals surface area (Å²) >= 11 is 0. The van der Waals surface area contributed by atoms with Gasteiger partial charge in [-0.25, -0.2) is 0 Å². The Hall–Kier alpha value is -0.740. The van der Waals surface area contributed by atoms with E-state index in [0.29, 0.717) is 24.4 Å². The van der Waals surface area contributed by atoms with Gasteiger partial charge in [0.05, 0.1) is 0 Å². The van der Waals surface area contributed by atoms with Crippen LogP contribution in [0.1, 0.15) is 60.8 Å². The molecule has 1 fully saturated rings. The fourth-order valence-electron chi connectivity index (χ4n) is 2.67. The number of hydrogen-bond donors (Lipinski definition) is 0. The van der Waals surface area contributed by atoms with Crippen molar-refractivity contribution in [1.29, 1.82) is 0 Å². The molecule has 0 saturated carbocycles. The smallest absolute Gasteiger partial charge is 0.139 e. The molecule has 1 saturated heterocycles. The maximum atomic E-state index is 12.2. The van der Waals surface area contributed by atoms with Gasteiger partial charge in [-0.3, -0.25) is 9.59 Å². The van der Waals surface area contributed by atoms with Gasteiger partial charge in [0, 0.05) is 62.9 Å². The number of carbonyl (C=O) groups excluding carboxylic acids is 2. The Morgan fingerprint density at radius 1 is 0.783 bits per heavy atom. The summed E-state index contributed by atoms with van der Waals surface area (Å²) in [6.07, 6.45) is 2.21. The summed E-state index contributed by atoms with van der Waals surface area (Å²) in [5.41, 5.74) is -0.413. The molecule has 4 heteroatoms. The van der Waals surface area contributed by atoms with Gasteiger partial charge in [0.1, 0.15) is 11.6 Å². The zero-order chi connectivity index (χ0) is 17.7. The van der Waals surface area contributed by atoms with Gasteiger partial charge < -0.3 is 9.80 Å². The Kier molecular flexibility index (Phi) is 7.40. The van der Waals surface area contributed by atoms with Gasteiger partial charge in [0.2, 0.25) is 0 Å². The second kappa shape index (κ2) is 8.39. The number of Topliss-reactive ketones (excluding diaryl/α,β-unsaturated/α-hetero) is 2. The topological polar surface area (TPSA) is 40.6 Å². The SMILES string of the molecule is CCC(C)(C)C(=O)CCN1CCN(CCC(=O)C(C)(C)C)CC1. The van der Waals surface area contributed by atoms with Crippen LogP contribution in [0, 0.1) is 10.8 Å². The lowest BCUT2D eigenvalue weighted by atomic mass is 9.84. The molecule has 134 valence electrons. The highest BCUT2D eigenvalue weighted by Gasteiger charge is 2.26. The van der Waals surface area contributed by atoms with E-state index in [-0.39, 0.29) is 10.8 Å². The standard InChI is InChI=1S/C19H36N2O2/c1-7-19(5,6)17(23)9-11-21-14-12-20(13-15-21)10-8-16(22)18(2,3)4/h7-15H2,1-6H3. The van der Waals surface area contributed by atoms with Crippen LogP contribution in [0.25, 0.3) is 0 Å². The molecule has 4 nitrogen and oxygen atoms in total. The molecular formula is C19H36N2O2. The maximum Gasteiger partial charge on any atom is 0.139 e. The Bertz CT molecular complexity index is 402. The van der Waals surface area contributed by atoms with Gasteiger partial charge in [-0.05, 0) is 6.42 Å². The largest absolute Gasteiger partial charge is 0.300 e. The van der Waals surface area contributed by atoms with E-state index in [1.807, 2.05) is 34.6 Å². The van der Waals surface area contributed by atoms with Crippen molar-refractivity contribution < 1.29 is 9.59 Å². The predicted octanol–water partition coefficient (Wildman–Crippen LogP) is 3.00. The molecule has 0 unspecified atom stereocenters. The van der Waals surface area contributed by atoms with Crippen molar-refractivity contribution in [1.82, 2.24) is 9.80 Å². The quantitative estimate of drug-likeness (QED) is 0.688. The van der Waals surface area contributed by atoms with Crippen LogP contribution in [0.2, 0.25) is 0 Å². The number of carbonyl (C=O) groups is 2. The molecule has 1 rings (SSSR count). The third-order valence-corrected chi connectivity index (χ3v) is 5.25. The van der Waals surface area contributed by atoms with Crippen LogP contribution >= 0.6 is 0 Å². The molecule has 23 heavy (non-hydrogen) atoms. The molecule has 1 aliphatic heterocycles. The highest BCUT2D eigenvalue weighted by atomic mass is 16.1. The zero-order valence-electron chi connectivity index (χ0n) is 16.1. The van der Waals surface area contributed by atoms with E-state index >= 15 is 0 Å². The maximum absolute atomic E-state index is 12.2. The molecule has 0 spiro atoms. The molecule has 0 radical (unpaired) electrons. The molecular weight excluding hydrogens is 288 g/mol. The summed E-state index contributed by atoms with van der Waals surface area (Å²) in [6.45, 7) is 17.9. The molecule has 0 aromatic rings. The lowest BCUT2D eigenvalue weighted by Crippen LogP contribution is -2.47. The molecule has 0 bridgehead atoms. The minimum atomic E-state index is -0.228. The molecule has 0 atom stereocenters. The van der Waals surface area contributed by atoms with Gasteiger partial charge in [-0.1, -0.05) is 41.5 Å². The van der Waals surface area contributed by atoms with Crippen LogP contribution in [0.3, 0.4) is 0 Å². The Morgan fingerprint density at radius 3 is 1.52 bits per heavy atom. The van der Waals surface area contributed by atoms with Gasteiger partial charge in [0.25, 0.3) is 0 Å². The van der Waals surface area contributed by atoms with Crippen molar-refractivity contribution in [3.63, 3.8) is 0 Å². The fourth-order valence-corrected chi connectivity index (χ4v) is 2.67. The van der Waals surface area contributed by atoms with E-state index in [1.165, 1.54) is 0 Å². The normalized spacial score (nSPS) is 18.2. The van der Waals surface area contributed by atoms with Gasteiger partial charge >= 0.3 is 0 Å². The highest BCUT2D eigenvalue weighted by Crippen LogP contribution is 2.23. The van der Waals surface area contributed by atoms with E-state index in [0.717, 1.165) is 45.7 Å². The van der Waals surface area contributed by atoms with Crippen LogP contribution in [0.15, 0.2) is 0 Å². The van der Waals surface area contributed by atoms with Crippen molar-refractivity contribution in [3.05, 3.63) is 0 Å². The first-order valence-corrected chi connectivity index (χ1v) is 9.07. The molecule has 0 N–H and O–H groups in total. The Morgan fingerprint density at radius 2 is 1.17 bits per heavy atom. The molecule has 0 aromatic heterocycles. The van der Waals surface area contributed by atoms with E-state index < -0.39 is 0 Å². The molecule has 1 heterocycles. The number of piperazine rings is 1. The minimum Gasteiger partial charge on any atom is -0.300 e. The Labute approximate surface area is 142 Å². The number of hydrogen-bond acceptors (Lipinski definition) is 4. The number of nitrogens with zero attached hydrogens (tertiary/aromatic N) is 2. The molecule has 1 aliphatic rings. The minimum absolute atomic E-state index is 0.185. The average Bonchev–Trinajstić information content (AvgIpc) is 2.50. The zero-order valence-corrected chi connectivity index (χ0v) is 16.1. The first-order valence-electron chi connectivity index (χ1n) is 9.07. The van der Waals surface area contributed by atoms with Crippen molar-refractivity contribution in [2.24, 2.45) is 10.8 Å². The number of ketones is 2. The van der Waals surface area contributed by atoms with Crippen LogP contribution in [0.5, 0.6) is 0 Å². The lowest BCUT2D eigenvalue weighted by molar-refractivity contribution is -0.128. The van der Waals surface area contributed by atoms with E-state index in [2.05, 4.69) is 16.7 Å². The second-order valence-electron chi connectivity index (χ2n) is 8.52. The van der Waals surface area contributed by atoms with Gasteiger partial charge in [-0.15, -0.1) is 0 Å². The summed E-state index contributed by atoms with van der Waals surface area (Å²) in [5.74, 6) is 0.713. The molecule has 0 aromatic carbocycles. The van der Waals surface area contributed by atoms with Crippen molar-refractivity contribution in [2.75, 3.05) is 39.3 Å². The summed E-state index contributed by atoms with van der Waals surface area (Å²) in [5, 5.41) is 0.